The number of fused-ring (bicyclic) bond motifs is 3. The lowest BCUT2D eigenvalue weighted by Gasteiger charge is -2.38. The van der Waals surface area contributed by atoms with Crippen LogP contribution in [0.3, 0.4) is 0 Å². The Balaban J connectivity index is 1.19. The average Bonchev–Trinajstić information content (AvgIpc) is 3.58. The number of carbonyl (C=O) groups excluding carboxylic acids is 4. The molecule has 0 aliphatic carbocycles. The molecule has 1 unspecified atom stereocenters. The van der Waals surface area contributed by atoms with Crippen LogP contribution < -0.4 is 30.3 Å². The molecule has 316 valence electrons. The van der Waals surface area contributed by atoms with E-state index in [4.69, 9.17) is 18.9 Å². The number of aliphatic hydroxyl groups is 3. The number of hydrogen-bond acceptors (Lipinski definition) is 12. The Morgan fingerprint density at radius 1 is 0.900 bits per heavy atom. The van der Waals surface area contributed by atoms with Crippen molar-refractivity contribution < 1.29 is 63.3 Å². The maximum Gasteiger partial charge on any atom is 0.411 e. The van der Waals surface area contributed by atoms with Gasteiger partial charge in [0, 0.05) is 36.9 Å². The van der Waals surface area contributed by atoms with Crippen molar-refractivity contribution >= 4 is 79.6 Å². The number of carboxylic acids is 1. The van der Waals surface area contributed by atoms with Crippen LogP contribution >= 0.6 is 15.9 Å². The first-order valence-corrected chi connectivity index (χ1v) is 19.9. The highest BCUT2D eigenvalue weighted by Gasteiger charge is 2.48. The highest BCUT2D eigenvalue weighted by atomic mass is 79.9. The summed E-state index contributed by atoms with van der Waals surface area (Å²) in [6.45, 7) is 2.14. The molecule has 6 rings (SSSR count). The molecule has 1 fully saturated rings. The monoisotopic (exact) mass is 890 g/mol. The second-order valence-electron chi connectivity index (χ2n) is 14.0. The van der Waals surface area contributed by atoms with Crippen LogP contribution in [0.5, 0.6) is 11.5 Å². The van der Waals surface area contributed by atoms with Gasteiger partial charge in [-0.25, -0.2) is 9.59 Å². The van der Waals surface area contributed by atoms with E-state index >= 15 is 0 Å². The van der Waals surface area contributed by atoms with Crippen LogP contribution in [-0.2, 0) is 35.3 Å². The predicted molar refractivity (Wildman–Crippen MR) is 222 cm³/mol. The first-order valence-electron chi connectivity index (χ1n) is 18.8. The molecule has 4 aromatic carbocycles. The van der Waals surface area contributed by atoms with Crippen LogP contribution in [0.1, 0.15) is 36.0 Å². The summed E-state index contributed by atoms with van der Waals surface area (Å²) in [6.07, 6.45) is -7.27. The number of aliphatic carboxylic acids is 1. The number of aliphatic hydroxyl groups excluding tert-OH is 3. The molecule has 17 nitrogen and oxygen atoms in total. The first kappa shape index (κ1) is 43.5. The van der Waals surface area contributed by atoms with Crippen molar-refractivity contribution in [1.29, 1.82) is 0 Å². The lowest BCUT2D eigenvalue weighted by atomic mass is 9.95. The fourth-order valence-electron chi connectivity index (χ4n) is 6.88. The van der Waals surface area contributed by atoms with Crippen LogP contribution in [-0.4, -0.2) is 106 Å². The van der Waals surface area contributed by atoms with Gasteiger partial charge in [-0.2, -0.15) is 0 Å². The van der Waals surface area contributed by atoms with E-state index in [0.717, 1.165) is 21.9 Å². The summed E-state index contributed by atoms with van der Waals surface area (Å²) in [5.41, 5.74) is 3.18. The van der Waals surface area contributed by atoms with E-state index in [1.807, 2.05) is 43.3 Å². The Morgan fingerprint density at radius 2 is 1.63 bits per heavy atom. The minimum atomic E-state index is -1.95. The van der Waals surface area contributed by atoms with E-state index in [1.54, 1.807) is 36.3 Å². The molecule has 2 aliphatic rings. The molecule has 0 saturated carbocycles. The third kappa shape index (κ3) is 10.0. The van der Waals surface area contributed by atoms with E-state index in [1.165, 1.54) is 24.3 Å². The number of benzene rings is 4. The SMILES string of the molecule is COc1ccc(/C=C/C(=O)N2CC(C)c3c2cc(NC(=O)OCc2ccc(O[C@@H]4O[C@H](C(=O)O)[C@@H](O)[C@H](O)[C@H]4O)c(NC(=O)CCNC(=O)CBr)c2)c2ccccc32)cc1. The molecule has 6 atom stereocenters. The molecule has 2 aliphatic heterocycles. The quantitative estimate of drug-likeness (QED) is 0.0704. The Hall–Kier alpha value is -6.05. The number of nitrogens with zero attached hydrogens (tertiary/aromatic N) is 1. The number of rotatable bonds is 14. The van der Waals surface area contributed by atoms with Crippen molar-refractivity contribution in [3.63, 3.8) is 0 Å². The lowest BCUT2D eigenvalue weighted by molar-refractivity contribution is -0.271. The maximum absolute atomic E-state index is 13.6. The smallest absolute Gasteiger partial charge is 0.411 e. The third-order valence-electron chi connectivity index (χ3n) is 9.88. The molecule has 2 heterocycles. The fraction of sp³-hybridized carbons (Fsp3) is 0.310. The van der Waals surface area contributed by atoms with Gasteiger partial charge in [-0.05, 0) is 58.5 Å². The summed E-state index contributed by atoms with van der Waals surface area (Å²) in [4.78, 5) is 64.8. The number of halogens is 1. The molecule has 4 amide bonds. The second-order valence-corrected chi connectivity index (χ2v) is 14.6. The zero-order valence-corrected chi connectivity index (χ0v) is 34.0. The largest absolute Gasteiger partial charge is 0.497 e. The maximum atomic E-state index is 13.6. The second kappa shape index (κ2) is 19.3. The molecule has 4 aromatic rings. The van der Waals surface area contributed by atoms with Gasteiger partial charge in [-0.3, -0.25) is 19.7 Å². The average molecular weight is 892 g/mol. The van der Waals surface area contributed by atoms with Gasteiger partial charge < -0.3 is 54.9 Å². The zero-order valence-electron chi connectivity index (χ0n) is 32.4. The summed E-state index contributed by atoms with van der Waals surface area (Å²) in [7, 11) is 1.58. The number of alkyl halides is 1. The minimum Gasteiger partial charge on any atom is -0.497 e. The van der Waals surface area contributed by atoms with Crippen molar-refractivity contribution in [2.75, 3.05) is 41.1 Å². The van der Waals surface area contributed by atoms with Gasteiger partial charge in [0.05, 0.1) is 29.5 Å². The zero-order chi connectivity index (χ0) is 43.1. The summed E-state index contributed by atoms with van der Waals surface area (Å²) in [6, 6.07) is 20.8. The normalized spacial score (nSPS) is 20.9. The predicted octanol–water partition coefficient (Wildman–Crippen LogP) is 3.87. The van der Waals surface area contributed by atoms with E-state index in [2.05, 4.69) is 31.9 Å². The van der Waals surface area contributed by atoms with Gasteiger partial charge in [0.15, 0.2) is 6.10 Å². The lowest BCUT2D eigenvalue weighted by Crippen LogP contribution is -2.61. The standard InChI is InChI=1S/C42H43BrN4O13/c1-22-20-47(34(50)14-10-23-7-11-25(57-2)12-8-23)30-18-28(26-5-3-4-6-27(26)35(22)30)46-42(56)58-21-24-9-13-31(29(17-24)45-32(48)15-16-44-33(49)19-43)59-41-38(53)36(51)37(52)39(60-41)40(54)55/h3-14,17-18,22,36-39,41,51-53H,15-16,19-21H2,1-2H3,(H,44,49)(H,45,48)(H,46,56)(H,54,55)/b14-10+/t22?,36-,37-,38+,39-,41+/m0/s1. The fourth-order valence-corrected chi connectivity index (χ4v) is 7.08. The van der Waals surface area contributed by atoms with Crippen molar-refractivity contribution in [2.45, 2.75) is 56.6 Å². The number of anilines is 3. The van der Waals surface area contributed by atoms with Gasteiger partial charge in [0.25, 0.3) is 5.91 Å². The molecule has 0 spiro atoms. The van der Waals surface area contributed by atoms with Crippen LogP contribution in [0, 0.1) is 0 Å². The number of amides is 4. The number of carboxylic acid groups (broad SMARTS) is 1. The van der Waals surface area contributed by atoms with E-state index in [-0.39, 0.29) is 54.1 Å². The number of hydrogen-bond donors (Lipinski definition) is 7. The summed E-state index contributed by atoms with van der Waals surface area (Å²) in [5.74, 6) is -2.19. The highest BCUT2D eigenvalue weighted by Crippen LogP contribution is 2.44. The molecule has 0 radical (unpaired) electrons. The Kier molecular flexibility index (Phi) is 14.0. The summed E-state index contributed by atoms with van der Waals surface area (Å²) >= 11 is 3.03. The Bertz CT molecular complexity index is 2290. The van der Waals surface area contributed by atoms with Gasteiger partial charge in [0.2, 0.25) is 18.1 Å². The number of carbonyl (C=O) groups is 5. The van der Waals surface area contributed by atoms with Crippen LogP contribution in [0.2, 0.25) is 0 Å². The molecule has 7 N–H and O–H groups in total. The number of ether oxygens (including phenoxy) is 4. The van der Waals surface area contributed by atoms with Crippen molar-refractivity contribution in [3.8, 4) is 11.5 Å². The number of nitrogens with one attached hydrogen (secondary N) is 3. The van der Waals surface area contributed by atoms with Crippen molar-refractivity contribution in [2.24, 2.45) is 0 Å². The third-order valence-corrected chi connectivity index (χ3v) is 10.4. The van der Waals surface area contributed by atoms with E-state index < -0.39 is 48.7 Å². The molecule has 1 saturated heterocycles. The van der Waals surface area contributed by atoms with Gasteiger partial charge in [-0.1, -0.05) is 65.3 Å². The highest BCUT2D eigenvalue weighted by molar-refractivity contribution is 9.09. The molecule has 0 aromatic heterocycles. The molecule has 60 heavy (non-hydrogen) atoms. The molecule has 18 heteroatoms. The Labute approximate surface area is 352 Å². The summed E-state index contributed by atoms with van der Waals surface area (Å²) in [5, 5.41) is 50.0. The van der Waals surface area contributed by atoms with E-state index in [0.29, 0.717) is 29.2 Å². The van der Waals surface area contributed by atoms with Gasteiger partial charge >= 0.3 is 12.1 Å². The van der Waals surface area contributed by atoms with Gasteiger partial charge in [0.1, 0.15) is 36.4 Å². The van der Waals surface area contributed by atoms with Crippen LogP contribution in [0.25, 0.3) is 16.8 Å². The van der Waals surface area contributed by atoms with Gasteiger partial charge in [-0.15, -0.1) is 0 Å². The van der Waals surface area contributed by atoms with Crippen LogP contribution in [0.4, 0.5) is 21.9 Å². The molecular formula is C42H43BrN4O13. The number of methoxy groups -OCH3 is 1. The topological polar surface area (TPSA) is 243 Å². The van der Waals surface area contributed by atoms with Crippen molar-refractivity contribution in [3.05, 3.63) is 95.6 Å². The van der Waals surface area contributed by atoms with Crippen molar-refractivity contribution in [1.82, 2.24) is 5.32 Å². The molecular weight excluding hydrogens is 848 g/mol. The van der Waals surface area contributed by atoms with E-state index in [9.17, 15) is 44.4 Å². The summed E-state index contributed by atoms with van der Waals surface area (Å²) < 4.78 is 21.8. The first-order chi connectivity index (χ1) is 28.8. The molecule has 0 bridgehead atoms. The Morgan fingerprint density at radius 3 is 2.33 bits per heavy atom. The minimum absolute atomic E-state index is 0.00199. The van der Waals surface area contributed by atoms with Crippen LogP contribution in [0.15, 0.2) is 78.9 Å².